The van der Waals surface area contributed by atoms with E-state index in [2.05, 4.69) is 28.5 Å². The van der Waals surface area contributed by atoms with Gasteiger partial charge in [0.2, 0.25) is 0 Å². The van der Waals surface area contributed by atoms with Crippen LogP contribution in [0, 0.1) is 0 Å². The fourth-order valence-corrected chi connectivity index (χ4v) is 2.92. The van der Waals surface area contributed by atoms with Crippen molar-refractivity contribution in [2.24, 2.45) is 0 Å². The van der Waals surface area contributed by atoms with E-state index in [1.807, 2.05) is 37.3 Å². The van der Waals surface area contributed by atoms with Gasteiger partial charge in [0.25, 0.3) is 0 Å². The summed E-state index contributed by atoms with van der Waals surface area (Å²) in [6.45, 7) is 3.42. The van der Waals surface area contributed by atoms with Crippen LogP contribution in [0.3, 0.4) is 0 Å². The molecule has 102 valence electrons. The predicted octanol–water partition coefficient (Wildman–Crippen LogP) is 4.31. The summed E-state index contributed by atoms with van der Waals surface area (Å²) in [7, 11) is 0. The maximum Gasteiger partial charge on any atom is 0.184 e. The summed E-state index contributed by atoms with van der Waals surface area (Å²) in [4.78, 5) is 4.63. The molecule has 3 nitrogen and oxygen atoms in total. The first-order valence-electron chi connectivity index (χ1n) is 6.67. The Kier molecular flexibility index (Phi) is 3.83. The molecule has 2 aromatic carbocycles. The standard InChI is InChI=1S/C16H16N2OS/c1-2-19-13-9-6-10-14-15(13)18-16(20-14)17-11-12-7-4-3-5-8-12/h3-10H,2,11H2,1H3,(H,17,18). The second kappa shape index (κ2) is 5.92. The van der Waals surface area contributed by atoms with E-state index in [0.29, 0.717) is 6.61 Å². The van der Waals surface area contributed by atoms with Crippen molar-refractivity contribution in [2.45, 2.75) is 13.5 Å². The largest absolute Gasteiger partial charge is 0.492 e. The van der Waals surface area contributed by atoms with Crippen LogP contribution in [0.4, 0.5) is 5.13 Å². The average molecular weight is 284 g/mol. The van der Waals surface area contributed by atoms with Gasteiger partial charge in [0.1, 0.15) is 11.3 Å². The number of thiazole rings is 1. The average Bonchev–Trinajstić information content (AvgIpc) is 2.91. The first-order valence-corrected chi connectivity index (χ1v) is 7.48. The minimum atomic E-state index is 0.656. The Morgan fingerprint density at radius 2 is 1.95 bits per heavy atom. The lowest BCUT2D eigenvalue weighted by Crippen LogP contribution is -1.98. The van der Waals surface area contributed by atoms with Gasteiger partial charge < -0.3 is 10.1 Å². The van der Waals surface area contributed by atoms with Gasteiger partial charge in [0, 0.05) is 6.54 Å². The lowest BCUT2D eigenvalue weighted by Gasteiger charge is -2.02. The molecule has 1 heterocycles. The third-order valence-electron chi connectivity index (χ3n) is 2.97. The van der Waals surface area contributed by atoms with Crippen molar-refractivity contribution in [1.82, 2.24) is 4.98 Å². The number of rotatable bonds is 5. The zero-order valence-corrected chi connectivity index (χ0v) is 12.1. The lowest BCUT2D eigenvalue weighted by atomic mass is 10.2. The van der Waals surface area contributed by atoms with Gasteiger partial charge in [0.15, 0.2) is 5.13 Å². The Hall–Kier alpha value is -2.07. The second-order valence-electron chi connectivity index (χ2n) is 4.39. The fourth-order valence-electron chi connectivity index (χ4n) is 2.04. The van der Waals surface area contributed by atoms with Gasteiger partial charge in [-0.3, -0.25) is 0 Å². The topological polar surface area (TPSA) is 34.1 Å². The number of hydrogen-bond acceptors (Lipinski definition) is 4. The van der Waals surface area contributed by atoms with Crippen LogP contribution in [0.15, 0.2) is 48.5 Å². The van der Waals surface area contributed by atoms with Gasteiger partial charge in [-0.25, -0.2) is 4.98 Å². The maximum atomic E-state index is 5.61. The van der Waals surface area contributed by atoms with Crippen molar-refractivity contribution in [3.8, 4) is 5.75 Å². The van der Waals surface area contributed by atoms with Gasteiger partial charge in [-0.05, 0) is 24.6 Å². The minimum absolute atomic E-state index is 0.656. The highest BCUT2D eigenvalue weighted by atomic mass is 32.1. The van der Waals surface area contributed by atoms with Gasteiger partial charge >= 0.3 is 0 Å². The van der Waals surface area contributed by atoms with Crippen LogP contribution >= 0.6 is 11.3 Å². The molecule has 0 radical (unpaired) electrons. The Morgan fingerprint density at radius 3 is 2.75 bits per heavy atom. The summed E-state index contributed by atoms with van der Waals surface area (Å²) >= 11 is 1.65. The number of anilines is 1. The molecule has 0 unspecified atom stereocenters. The van der Waals surface area contributed by atoms with Crippen LogP contribution < -0.4 is 10.1 Å². The summed E-state index contributed by atoms with van der Waals surface area (Å²) in [5.41, 5.74) is 2.19. The van der Waals surface area contributed by atoms with Crippen molar-refractivity contribution >= 4 is 26.7 Å². The number of para-hydroxylation sites is 1. The molecule has 0 fully saturated rings. The van der Waals surface area contributed by atoms with Crippen molar-refractivity contribution in [1.29, 1.82) is 0 Å². The zero-order valence-electron chi connectivity index (χ0n) is 11.3. The molecule has 0 saturated heterocycles. The van der Waals surface area contributed by atoms with E-state index in [-0.39, 0.29) is 0 Å². The van der Waals surface area contributed by atoms with Crippen LogP contribution in [0.2, 0.25) is 0 Å². The van der Waals surface area contributed by atoms with Crippen LogP contribution in [0.5, 0.6) is 5.75 Å². The number of aromatic nitrogens is 1. The van der Waals surface area contributed by atoms with E-state index in [0.717, 1.165) is 27.6 Å². The van der Waals surface area contributed by atoms with E-state index in [1.54, 1.807) is 11.3 Å². The van der Waals surface area contributed by atoms with Crippen LogP contribution in [0.1, 0.15) is 12.5 Å². The smallest absolute Gasteiger partial charge is 0.184 e. The van der Waals surface area contributed by atoms with E-state index in [4.69, 9.17) is 4.74 Å². The molecule has 0 aliphatic heterocycles. The highest BCUT2D eigenvalue weighted by Crippen LogP contribution is 2.32. The van der Waals surface area contributed by atoms with Gasteiger partial charge in [-0.2, -0.15) is 0 Å². The summed E-state index contributed by atoms with van der Waals surface area (Å²) in [5, 5.41) is 4.30. The quantitative estimate of drug-likeness (QED) is 0.758. The molecular weight excluding hydrogens is 268 g/mol. The molecule has 0 atom stereocenters. The highest BCUT2D eigenvalue weighted by molar-refractivity contribution is 7.22. The third kappa shape index (κ3) is 2.75. The predicted molar refractivity (Wildman–Crippen MR) is 84.6 cm³/mol. The normalized spacial score (nSPS) is 10.7. The van der Waals surface area contributed by atoms with Crippen molar-refractivity contribution in [3.63, 3.8) is 0 Å². The molecule has 20 heavy (non-hydrogen) atoms. The number of hydrogen-bond donors (Lipinski definition) is 1. The second-order valence-corrected chi connectivity index (χ2v) is 5.42. The Morgan fingerprint density at radius 1 is 1.10 bits per heavy atom. The van der Waals surface area contributed by atoms with E-state index in [9.17, 15) is 0 Å². The molecule has 0 spiro atoms. The SMILES string of the molecule is CCOc1cccc2sc(NCc3ccccc3)nc12. The number of nitrogens with zero attached hydrogens (tertiary/aromatic N) is 1. The van der Waals surface area contributed by atoms with Crippen molar-refractivity contribution in [2.75, 3.05) is 11.9 Å². The first-order chi connectivity index (χ1) is 9.86. The molecule has 0 aliphatic rings. The lowest BCUT2D eigenvalue weighted by molar-refractivity contribution is 0.344. The van der Waals surface area contributed by atoms with E-state index < -0.39 is 0 Å². The number of fused-ring (bicyclic) bond motifs is 1. The summed E-state index contributed by atoms with van der Waals surface area (Å²) in [5.74, 6) is 0.856. The molecule has 0 bridgehead atoms. The Balaban J connectivity index is 1.80. The molecule has 3 aromatic rings. The maximum absolute atomic E-state index is 5.61. The third-order valence-corrected chi connectivity index (χ3v) is 3.95. The number of benzene rings is 2. The molecule has 1 N–H and O–H groups in total. The monoisotopic (exact) mass is 284 g/mol. The van der Waals surface area contributed by atoms with Crippen LogP contribution in [-0.2, 0) is 6.54 Å². The van der Waals surface area contributed by atoms with Gasteiger partial charge in [0.05, 0.1) is 11.3 Å². The van der Waals surface area contributed by atoms with Crippen molar-refractivity contribution in [3.05, 3.63) is 54.1 Å². The Labute approximate surface area is 122 Å². The summed E-state index contributed by atoms with van der Waals surface area (Å²) in [6, 6.07) is 16.4. The molecule has 4 heteroatoms. The molecule has 3 rings (SSSR count). The zero-order chi connectivity index (χ0) is 13.8. The molecule has 0 saturated carbocycles. The van der Waals surface area contributed by atoms with Gasteiger partial charge in [-0.15, -0.1) is 0 Å². The minimum Gasteiger partial charge on any atom is -0.492 e. The van der Waals surface area contributed by atoms with Gasteiger partial charge in [-0.1, -0.05) is 47.7 Å². The highest BCUT2D eigenvalue weighted by Gasteiger charge is 2.08. The molecule has 0 amide bonds. The molecular formula is C16H16N2OS. The van der Waals surface area contributed by atoms with Crippen LogP contribution in [-0.4, -0.2) is 11.6 Å². The van der Waals surface area contributed by atoms with Crippen molar-refractivity contribution < 1.29 is 4.74 Å². The van der Waals surface area contributed by atoms with Crippen LogP contribution in [0.25, 0.3) is 10.2 Å². The summed E-state index contributed by atoms with van der Waals surface area (Å²) < 4.78 is 6.76. The van der Waals surface area contributed by atoms with E-state index >= 15 is 0 Å². The van der Waals surface area contributed by atoms with E-state index in [1.165, 1.54) is 5.56 Å². The molecule has 0 aliphatic carbocycles. The first kappa shape index (κ1) is 12.9. The fraction of sp³-hybridized carbons (Fsp3) is 0.188. The number of ether oxygens (including phenoxy) is 1. The number of nitrogens with one attached hydrogen (secondary N) is 1. The summed E-state index contributed by atoms with van der Waals surface area (Å²) in [6.07, 6.45) is 0. The Bertz CT molecular complexity index is 694. The molecule has 1 aromatic heterocycles.